The summed E-state index contributed by atoms with van der Waals surface area (Å²) in [4.78, 5) is 34.0. The molecule has 10 heteroatoms. The summed E-state index contributed by atoms with van der Waals surface area (Å²) in [6, 6.07) is -1.30. The Balaban J connectivity index is 4.34. The zero-order valence-electron chi connectivity index (χ0n) is 12.3. The Morgan fingerprint density at radius 1 is 1.18 bits per heavy atom. The van der Waals surface area contributed by atoms with E-state index < -0.39 is 40.1 Å². The molecular weight excluding hydrogens is 360 g/mol. The quantitative estimate of drug-likeness (QED) is 0.544. The molecule has 0 saturated carbocycles. The highest BCUT2D eigenvalue weighted by Gasteiger charge is 2.26. The Morgan fingerprint density at radius 2 is 1.73 bits per heavy atom. The molecule has 22 heavy (non-hydrogen) atoms. The highest BCUT2D eigenvalue weighted by atomic mass is 35.6. The molecule has 1 amide bonds. The molecule has 1 atom stereocenters. The number of carbonyl (C=O) groups excluding carboxylic acids is 2. The molecule has 0 rings (SSSR count). The molecule has 2 N–H and O–H groups in total. The van der Waals surface area contributed by atoms with Crippen LogP contribution in [0.5, 0.6) is 0 Å². The van der Waals surface area contributed by atoms with Crippen molar-refractivity contribution in [3.8, 4) is 0 Å². The van der Waals surface area contributed by atoms with Crippen molar-refractivity contribution in [2.75, 3.05) is 6.61 Å². The molecular formula is C12H18Cl3NO6. The van der Waals surface area contributed by atoms with Gasteiger partial charge in [-0.15, -0.1) is 0 Å². The van der Waals surface area contributed by atoms with Crippen LogP contribution in [0.3, 0.4) is 0 Å². The lowest BCUT2D eigenvalue weighted by Gasteiger charge is -2.21. The van der Waals surface area contributed by atoms with Gasteiger partial charge in [0.15, 0.2) is 0 Å². The maximum absolute atomic E-state index is 11.5. The summed E-state index contributed by atoms with van der Waals surface area (Å²) in [6.45, 7) is 4.46. The molecule has 0 heterocycles. The van der Waals surface area contributed by atoms with Gasteiger partial charge in [0.2, 0.25) is 3.79 Å². The van der Waals surface area contributed by atoms with Crippen LogP contribution in [0.4, 0.5) is 4.79 Å². The molecule has 0 aliphatic carbocycles. The SMILES string of the molecule is CC(C)(C)OC(=O)N[C@@H](CCC(=O)OCC(Cl)(Cl)Cl)C(=O)O. The van der Waals surface area contributed by atoms with E-state index in [1.807, 2.05) is 0 Å². The number of rotatable bonds is 6. The largest absolute Gasteiger partial charge is 0.480 e. The van der Waals surface area contributed by atoms with E-state index in [0.29, 0.717) is 0 Å². The van der Waals surface area contributed by atoms with Crippen LogP contribution in [0, 0.1) is 0 Å². The number of alkyl carbamates (subject to hydrolysis) is 1. The second-order valence-corrected chi connectivity index (χ2v) is 7.87. The van der Waals surface area contributed by atoms with Crippen molar-refractivity contribution in [3.05, 3.63) is 0 Å². The van der Waals surface area contributed by atoms with Crippen molar-refractivity contribution in [2.24, 2.45) is 0 Å². The van der Waals surface area contributed by atoms with Gasteiger partial charge in [0.05, 0.1) is 0 Å². The van der Waals surface area contributed by atoms with Crippen LogP contribution in [-0.2, 0) is 19.1 Å². The Kier molecular flexibility index (Phi) is 8.28. The van der Waals surface area contributed by atoms with Gasteiger partial charge in [-0.05, 0) is 27.2 Å². The normalized spacial score (nSPS) is 13.2. The predicted octanol–water partition coefficient (Wildman–Crippen LogP) is 2.66. The van der Waals surface area contributed by atoms with Gasteiger partial charge in [0, 0.05) is 6.42 Å². The number of alkyl halides is 3. The summed E-state index contributed by atoms with van der Waals surface area (Å²) in [5, 5.41) is 11.2. The third kappa shape index (κ3) is 11.7. The number of carboxylic acids is 1. The number of carboxylic acid groups (broad SMARTS) is 1. The second-order valence-electron chi connectivity index (χ2n) is 5.35. The van der Waals surface area contributed by atoms with Gasteiger partial charge in [0.1, 0.15) is 18.2 Å². The van der Waals surface area contributed by atoms with E-state index in [4.69, 9.17) is 44.6 Å². The van der Waals surface area contributed by atoms with Crippen molar-refractivity contribution in [2.45, 2.75) is 49.0 Å². The standard InChI is InChI=1S/C12H18Cl3NO6/c1-11(2,3)22-10(20)16-7(9(18)19)4-5-8(17)21-6-12(13,14)15/h7H,4-6H2,1-3H3,(H,16,20)(H,18,19)/t7-/m0/s1. The van der Waals surface area contributed by atoms with Crippen molar-refractivity contribution >= 4 is 52.8 Å². The minimum Gasteiger partial charge on any atom is -0.480 e. The third-order valence-electron chi connectivity index (χ3n) is 2.02. The summed E-state index contributed by atoms with van der Waals surface area (Å²) in [7, 11) is 0. The van der Waals surface area contributed by atoms with E-state index in [9.17, 15) is 14.4 Å². The highest BCUT2D eigenvalue weighted by Crippen LogP contribution is 2.26. The lowest BCUT2D eigenvalue weighted by molar-refractivity contribution is -0.144. The van der Waals surface area contributed by atoms with Crippen LogP contribution in [0.1, 0.15) is 33.6 Å². The fourth-order valence-electron chi connectivity index (χ4n) is 1.20. The zero-order chi connectivity index (χ0) is 17.6. The summed E-state index contributed by atoms with van der Waals surface area (Å²) in [5.74, 6) is -2.05. The third-order valence-corrected chi connectivity index (χ3v) is 2.35. The van der Waals surface area contributed by atoms with E-state index in [0.717, 1.165) is 0 Å². The molecule has 0 aromatic rings. The molecule has 0 bridgehead atoms. The van der Waals surface area contributed by atoms with Crippen LogP contribution in [0.25, 0.3) is 0 Å². The second kappa shape index (κ2) is 8.64. The monoisotopic (exact) mass is 377 g/mol. The fourth-order valence-corrected chi connectivity index (χ4v) is 1.37. The number of aliphatic carboxylic acids is 1. The summed E-state index contributed by atoms with van der Waals surface area (Å²) >= 11 is 16.2. The van der Waals surface area contributed by atoms with Gasteiger partial charge >= 0.3 is 18.0 Å². The number of hydrogen-bond acceptors (Lipinski definition) is 5. The van der Waals surface area contributed by atoms with Crippen LogP contribution in [-0.4, -0.2) is 45.2 Å². The van der Waals surface area contributed by atoms with Gasteiger partial charge in [-0.3, -0.25) is 4.79 Å². The first kappa shape index (κ1) is 21.1. The smallest absolute Gasteiger partial charge is 0.408 e. The average molecular weight is 379 g/mol. The number of nitrogens with one attached hydrogen (secondary N) is 1. The summed E-state index contributed by atoms with van der Waals surface area (Å²) in [6.07, 6.45) is -1.35. The lowest BCUT2D eigenvalue weighted by atomic mass is 10.1. The molecule has 0 spiro atoms. The molecule has 0 aromatic carbocycles. The number of ether oxygens (including phenoxy) is 2. The first-order valence-electron chi connectivity index (χ1n) is 6.25. The Labute approximate surface area is 143 Å². The number of hydrogen-bond donors (Lipinski definition) is 2. The van der Waals surface area contributed by atoms with Gasteiger partial charge in [-0.2, -0.15) is 0 Å². The van der Waals surface area contributed by atoms with Crippen molar-refractivity contribution in [1.29, 1.82) is 0 Å². The van der Waals surface area contributed by atoms with Crippen LogP contribution < -0.4 is 5.32 Å². The Hall–Kier alpha value is -0.920. The van der Waals surface area contributed by atoms with Gasteiger partial charge in [-0.25, -0.2) is 9.59 Å². The predicted molar refractivity (Wildman–Crippen MR) is 81.3 cm³/mol. The maximum atomic E-state index is 11.5. The minimum atomic E-state index is -1.74. The van der Waals surface area contributed by atoms with Crippen molar-refractivity contribution in [3.63, 3.8) is 0 Å². The lowest BCUT2D eigenvalue weighted by Crippen LogP contribution is -2.43. The molecule has 0 aliphatic rings. The molecule has 128 valence electrons. The molecule has 7 nitrogen and oxygen atoms in total. The van der Waals surface area contributed by atoms with Gasteiger partial charge in [0.25, 0.3) is 0 Å². The minimum absolute atomic E-state index is 0.187. The maximum Gasteiger partial charge on any atom is 0.408 e. The molecule has 0 saturated heterocycles. The van der Waals surface area contributed by atoms with Gasteiger partial charge < -0.3 is 19.9 Å². The number of amides is 1. The fraction of sp³-hybridized carbons (Fsp3) is 0.750. The van der Waals surface area contributed by atoms with E-state index in [2.05, 4.69) is 10.1 Å². The Morgan fingerprint density at radius 3 is 2.14 bits per heavy atom. The number of carbonyl (C=O) groups is 3. The van der Waals surface area contributed by atoms with Crippen LogP contribution in [0.15, 0.2) is 0 Å². The first-order chi connectivity index (χ1) is 9.80. The molecule has 0 radical (unpaired) electrons. The van der Waals surface area contributed by atoms with Crippen LogP contribution >= 0.6 is 34.8 Å². The molecule has 0 unspecified atom stereocenters. The summed E-state index contributed by atoms with van der Waals surface area (Å²) in [5.41, 5.74) is -0.767. The molecule has 0 aliphatic heterocycles. The van der Waals surface area contributed by atoms with Crippen LogP contribution in [0.2, 0.25) is 0 Å². The molecule has 0 fully saturated rings. The molecule has 0 aromatic heterocycles. The first-order valence-corrected chi connectivity index (χ1v) is 7.38. The van der Waals surface area contributed by atoms with E-state index in [1.54, 1.807) is 20.8 Å². The topological polar surface area (TPSA) is 102 Å². The van der Waals surface area contributed by atoms with E-state index in [1.165, 1.54) is 0 Å². The van der Waals surface area contributed by atoms with Crippen molar-refractivity contribution in [1.82, 2.24) is 5.32 Å². The van der Waals surface area contributed by atoms with Crippen molar-refractivity contribution < 1.29 is 29.0 Å². The van der Waals surface area contributed by atoms with E-state index in [-0.39, 0.29) is 12.8 Å². The van der Waals surface area contributed by atoms with Gasteiger partial charge in [-0.1, -0.05) is 34.8 Å². The zero-order valence-corrected chi connectivity index (χ0v) is 14.6. The average Bonchev–Trinajstić information content (AvgIpc) is 2.28. The van der Waals surface area contributed by atoms with E-state index >= 15 is 0 Å². The highest BCUT2D eigenvalue weighted by molar-refractivity contribution is 6.67. The Bertz CT molecular complexity index is 416. The number of halogens is 3. The number of esters is 1. The summed E-state index contributed by atoms with van der Waals surface area (Å²) < 4.78 is 7.85.